The lowest BCUT2D eigenvalue weighted by molar-refractivity contribution is -0.136. The quantitative estimate of drug-likeness (QED) is 0.462. The molecular formula is C28H32N4O6. The molecule has 1 aromatic heterocycles. The molecule has 10 nitrogen and oxygen atoms in total. The third kappa shape index (κ3) is 6.57. The van der Waals surface area contributed by atoms with Crippen molar-refractivity contribution in [1.82, 2.24) is 20.1 Å². The van der Waals surface area contributed by atoms with Crippen molar-refractivity contribution in [2.75, 3.05) is 46.5 Å². The molecule has 0 bridgehead atoms. The van der Waals surface area contributed by atoms with E-state index in [0.29, 0.717) is 50.7 Å². The van der Waals surface area contributed by atoms with Gasteiger partial charge in [-0.05, 0) is 24.6 Å². The molecule has 0 radical (unpaired) electrons. The van der Waals surface area contributed by atoms with Crippen molar-refractivity contribution in [3.05, 3.63) is 71.9 Å². The maximum Gasteiger partial charge on any atom is 0.409 e. The molecular weight excluding hydrogens is 488 g/mol. The van der Waals surface area contributed by atoms with Gasteiger partial charge in [0.15, 0.2) is 0 Å². The zero-order chi connectivity index (χ0) is 26.9. The van der Waals surface area contributed by atoms with Gasteiger partial charge in [0.05, 0.1) is 32.4 Å². The standard InChI is InChI=1S/C28H32N4O6/c1-3-38-28(35)32-15-13-31(14-16-32)27(34)24(19-37-18-20-9-5-4-6-10-20)30-26(33)23-17-25(36-2)21-11-7-8-12-22(21)29-23/h4-12,17,24H,3,13-16,18-19H2,1-2H3,(H,30,33). The van der Waals surface area contributed by atoms with E-state index in [1.54, 1.807) is 28.9 Å². The molecule has 1 aliphatic heterocycles. The molecule has 10 heteroatoms. The van der Waals surface area contributed by atoms with E-state index in [-0.39, 0.29) is 18.2 Å². The van der Waals surface area contributed by atoms with E-state index in [2.05, 4.69) is 10.3 Å². The molecule has 3 amide bonds. The van der Waals surface area contributed by atoms with Crippen LogP contribution in [-0.2, 0) is 20.9 Å². The lowest BCUT2D eigenvalue weighted by atomic mass is 10.1. The number of hydrogen-bond acceptors (Lipinski definition) is 7. The summed E-state index contributed by atoms with van der Waals surface area (Å²) in [5.74, 6) is -0.289. The van der Waals surface area contributed by atoms with Crippen LogP contribution >= 0.6 is 0 Å². The Morgan fingerprint density at radius 3 is 2.37 bits per heavy atom. The zero-order valence-corrected chi connectivity index (χ0v) is 21.6. The first-order chi connectivity index (χ1) is 18.5. The largest absolute Gasteiger partial charge is 0.496 e. The summed E-state index contributed by atoms with van der Waals surface area (Å²) in [5.41, 5.74) is 1.69. The highest BCUT2D eigenvalue weighted by Gasteiger charge is 2.31. The van der Waals surface area contributed by atoms with Crippen molar-refractivity contribution in [1.29, 1.82) is 0 Å². The van der Waals surface area contributed by atoms with Gasteiger partial charge in [-0.15, -0.1) is 0 Å². The lowest BCUT2D eigenvalue weighted by Gasteiger charge is -2.35. The molecule has 0 saturated carbocycles. The monoisotopic (exact) mass is 520 g/mol. The van der Waals surface area contributed by atoms with Gasteiger partial charge in [-0.1, -0.05) is 42.5 Å². The second-order valence-electron chi connectivity index (χ2n) is 8.76. The first-order valence-electron chi connectivity index (χ1n) is 12.6. The van der Waals surface area contributed by atoms with E-state index in [0.717, 1.165) is 10.9 Å². The van der Waals surface area contributed by atoms with Crippen LogP contribution in [0.1, 0.15) is 23.0 Å². The minimum Gasteiger partial charge on any atom is -0.496 e. The number of rotatable bonds is 9. The number of para-hydroxylation sites is 1. The first-order valence-corrected chi connectivity index (χ1v) is 12.6. The summed E-state index contributed by atoms with van der Waals surface area (Å²) in [6, 6.07) is 17.5. The summed E-state index contributed by atoms with van der Waals surface area (Å²) in [6.07, 6.45) is -0.396. The SMILES string of the molecule is CCOC(=O)N1CCN(C(=O)C(COCc2ccccc2)NC(=O)c2cc(OC)c3ccccc3n2)CC1. The number of aromatic nitrogens is 1. The van der Waals surface area contributed by atoms with Crippen LogP contribution in [0, 0.1) is 0 Å². The molecule has 0 aliphatic carbocycles. The fourth-order valence-electron chi connectivity index (χ4n) is 4.25. The number of hydrogen-bond donors (Lipinski definition) is 1. The lowest BCUT2D eigenvalue weighted by Crippen LogP contribution is -2.57. The normalized spacial score (nSPS) is 14.2. The highest BCUT2D eigenvalue weighted by Crippen LogP contribution is 2.25. The Hall–Kier alpha value is -4.18. The summed E-state index contributed by atoms with van der Waals surface area (Å²) in [4.78, 5) is 46.5. The van der Waals surface area contributed by atoms with Crippen molar-refractivity contribution in [3.63, 3.8) is 0 Å². The predicted molar refractivity (Wildman–Crippen MR) is 141 cm³/mol. The van der Waals surface area contributed by atoms with Gasteiger partial charge in [-0.2, -0.15) is 0 Å². The van der Waals surface area contributed by atoms with Crippen LogP contribution in [0.25, 0.3) is 10.9 Å². The van der Waals surface area contributed by atoms with Gasteiger partial charge >= 0.3 is 6.09 Å². The summed E-state index contributed by atoms with van der Waals surface area (Å²) in [7, 11) is 1.53. The third-order valence-electron chi connectivity index (χ3n) is 6.25. The van der Waals surface area contributed by atoms with E-state index >= 15 is 0 Å². The van der Waals surface area contributed by atoms with Crippen molar-refractivity contribution in [2.45, 2.75) is 19.6 Å². The molecule has 3 aromatic rings. The number of methoxy groups -OCH3 is 1. The Morgan fingerprint density at radius 2 is 1.66 bits per heavy atom. The number of carbonyl (C=O) groups excluding carboxylic acids is 3. The van der Waals surface area contributed by atoms with Gasteiger partial charge in [0.2, 0.25) is 5.91 Å². The van der Waals surface area contributed by atoms with Gasteiger partial charge in [-0.3, -0.25) is 9.59 Å². The fraction of sp³-hybridized carbons (Fsp3) is 0.357. The number of carbonyl (C=O) groups is 3. The molecule has 1 fully saturated rings. The second kappa shape index (κ2) is 12.9. The number of amides is 3. The Bertz CT molecular complexity index is 1260. The predicted octanol–water partition coefficient (Wildman–Crippen LogP) is 2.86. The first kappa shape index (κ1) is 26.9. The molecule has 1 saturated heterocycles. The molecule has 0 spiro atoms. The van der Waals surface area contributed by atoms with Crippen LogP contribution in [0.4, 0.5) is 4.79 Å². The van der Waals surface area contributed by atoms with Crippen LogP contribution in [0.15, 0.2) is 60.7 Å². The van der Waals surface area contributed by atoms with Crippen LogP contribution in [0.5, 0.6) is 5.75 Å². The average Bonchev–Trinajstić information content (AvgIpc) is 2.96. The van der Waals surface area contributed by atoms with Crippen molar-refractivity contribution >= 4 is 28.8 Å². The van der Waals surface area contributed by atoms with Gasteiger partial charge in [-0.25, -0.2) is 9.78 Å². The fourth-order valence-corrected chi connectivity index (χ4v) is 4.25. The summed E-state index contributed by atoms with van der Waals surface area (Å²) >= 11 is 0. The van der Waals surface area contributed by atoms with Crippen LogP contribution in [-0.4, -0.2) is 85.2 Å². The highest BCUT2D eigenvalue weighted by molar-refractivity contribution is 5.99. The minimum absolute atomic E-state index is 0.0255. The van der Waals surface area contributed by atoms with Gasteiger partial charge < -0.3 is 29.3 Å². The number of ether oxygens (including phenoxy) is 3. The maximum absolute atomic E-state index is 13.5. The van der Waals surface area contributed by atoms with Crippen LogP contribution in [0.3, 0.4) is 0 Å². The Labute approximate surface area is 221 Å². The molecule has 200 valence electrons. The molecule has 1 atom stereocenters. The number of benzene rings is 2. The smallest absolute Gasteiger partial charge is 0.409 e. The number of nitrogens with one attached hydrogen (secondary N) is 1. The van der Waals surface area contributed by atoms with Crippen molar-refractivity contribution in [2.24, 2.45) is 0 Å². The van der Waals surface area contributed by atoms with Gasteiger partial charge in [0, 0.05) is 37.6 Å². The maximum atomic E-state index is 13.5. The van der Waals surface area contributed by atoms with Crippen LogP contribution < -0.4 is 10.1 Å². The second-order valence-corrected chi connectivity index (χ2v) is 8.76. The Morgan fingerprint density at radius 1 is 0.974 bits per heavy atom. The Balaban J connectivity index is 1.48. The Kier molecular flexibility index (Phi) is 9.10. The molecule has 38 heavy (non-hydrogen) atoms. The summed E-state index contributed by atoms with van der Waals surface area (Å²) in [6.45, 7) is 3.65. The van der Waals surface area contributed by atoms with E-state index < -0.39 is 18.0 Å². The highest BCUT2D eigenvalue weighted by atomic mass is 16.6. The van der Waals surface area contributed by atoms with Crippen molar-refractivity contribution < 1.29 is 28.6 Å². The average molecular weight is 521 g/mol. The minimum atomic E-state index is -0.945. The van der Waals surface area contributed by atoms with E-state index in [1.807, 2.05) is 48.5 Å². The molecule has 1 unspecified atom stereocenters. The van der Waals surface area contributed by atoms with Gasteiger partial charge in [0.25, 0.3) is 5.91 Å². The summed E-state index contributed by atoms with van der Waals surface area (Å²) in [5, 5.41) is 3.59. The van der Waals surface area contributed by atoms with E-state index in [1.165, 1.54) is 7.11 Å². The number of fused-ring (bicyclic) bond motifs is 1. The molecule has 4 rings (SSSR count). The topological polar surface area (TPSA) is 110 Å². The molecule has 2 aromatic carbocycles. The van der Waals surface area contributed by atoms with Gasteiger partial charge in [0.1, 0.15) is 17.5 Å². The molecule has 2 heterocycles. The van der Waals surface area contributed by atoms with Crippen LogP contribution in [0.2, 0.25) is 0 Å². The molecule has 1 aliphatic rings. The zero-order valence-electron chi connectivity index (χ0n) is 21.6. The third-order valence-corrected chi connectivity index (χ3v) is 6.25. The number of piperazine rings is 1. The number of pyridine rings is 1. The van der Waals surface area contributed by atoms with E-state index in [9.17, 15) is 14.4 Å². The number of nitrogens with zero attached hydrogens (tertiary/aromatic N) is 3. The van der Waals surface area contributed by atoms with E-state index in [4.69, 9.17) is 14.2 Å². The molecule has 1 N–H and O–H groups in total. The summed E-state index contributed by atoms with van der Waals surface area (Å²) < 4.78 is 16.4. The van der Waals surface area contributed by atoms with Crippen molar-refractivity contribution in [3.8, 4) is 5.75 Å².